The van der Waals surface area contributed by atoms with Gasteiger partial charge in [-0.2, -0.15) is 0 Å². The Hall–Kier alpha value is -3.47. The zero-order valence-corrected chi connectivity index (χ0v) is 21.5. The smallest absolute Gasteiger partial charge is 0.305 e. The predicted molar refractivity (Wildman–Crippen MR) is 143 cm³/mol. The molecular formula is C25H25Cl2N5O5. The van der Waals surface area contributed by atoms with Crippen LogP contribution in [-0.4, -0.2) is 59.6 Å². The summed E-state index contributed by atoms with van der Waals surface area (Å²) in [5.74, 6) is -1.56. The molecule has 0 aliphatic carbocycles. The molecule has 10 nitrogen and oxygen atoms in total. The van der Waals surface area contributed by atoms with Gasteiger partial charge in [-0.3, -0.25) is 24.2 Å². The van der Waals surface area contributed by atoms with Crippen molar-refractivity contribution in [2.45, 2.75) is 19.4 Å². The summed E-state index contributed by atoms with van der Waals surface area (Å²) in [4.78, 5) is 57.1. The number of likely N-dealkylation sites (N-methyl/N-ethyl adjacent to an activating group) is 1. The van der Waals surface area contributed by atoms with Crippen LogP contribution in [-0.2, 0) is 4.79 Å². The maximum absolute atomic E-state index is 12.7. The van der Waals surface area contributed by atoms with Gasteiger partial charge in [0.2, 0.25) is 0 Å². The molecule has 1 saturated heterocycles. The van der Waals surface area contributed by atoms with Gasteiger partial charge in [-0.15, -0.1) is 0 Å². The number of carboxylic acid groups (broad SMARTS) is 1. The molecule has 194 valence electrons. The van der Waals surface area contributed by atoms with Gasteiger partial charge in [-0.25, -0.2) is 0 Å². The van der Waals surface area contributed by atoms with Crippen molar-refractivity contribution in [2.75, 3.05) is 48.3 Å². The molecule has 0 bridgehead atoms. The second-order valence-electron chi connectivity index (χ2n) is 8.65. The number of rotatable bonds is 9. The molecule has 0 spiro atoms. The lowest BCUT2D eigenvalue weighted by atomic mass is 10.00. The highest BCUT2D eigenvalue weighted by molar-refractivity contribution is 6.39. The van der Waals surface area contributed by atoms with E-state index in [4.69, 9.17) is 23.2 Å². The van der Waals surface area contributed by atoms with Crippen LogP contribution >= 0.6 is 23.2 Å². The number of halogens is 2. The lowest BCUT2D eigenvalue weighted by Gasteiger charge is -2.37. The number of benzene rings is 1. The summed E-state index contributed by atoms with van der Waals surface area (Å²) in [7, 11) is 0. The van der Waals surface area contributed by atoms with E-state index in [-0.39, 0.29) is 33.4 Å². The predicted octanol–water partition coefficient (Wildman–Crippen LogP) is 3.01. The first-order valence-corrected chi connectivity index (χ1v) is 12.4. The molecule has 1 amide bonds. The van der Waals surface area contributed by atoms with E-state index in [2.05, 4.69) is 27.4 Å². The number of hydrogen-bond donors (Lipinski definition) is 3. The fourth-order valence-electron chi connectivity index (χ4n) is 4.29. The Morgan fingerprint density at radius 3 is 2.19 bits per heavy atom. The summed E-state index contributed by atoms with van der Waals surface area (Å²) in [5, 5.41) is 15.5. The number of hydrogen-bond acceptors (Lipinski definition) is 8. The molecule has 1 atom stereocenters. The Morgan fingerprint density at radius 2 is 1.62 bits per heavy atom. The summed E-state index contributed by atoms with van der Waals surface area (Å²) in [6.45, 7) is 5.72. The van der Waals surface area contributed by atoms with Crippen molar-refractivity contribution in [3.05, 3.63) is 78.3 Å². The minimum atomic E-state index is -1.09. The number of nitrogens with zero attached hydrogens (tertiary/aromatic N) is 3. The number of carbonyl (C=O) groups is 2. The Labute approximate surface area is 222 Å². The lowest BCUT2D eigenvalue weighted by Crippen LogP contribution is -2.51. The maximum atomic E-state index is 12.7. The van der Waals surface area contributed by atoms with Crippen molar-refractivity contribution in [1.29, 1.82) is 0 Å². The summed E-state index contributed by atoms with van der Waals surface area (Å²) in [6, 6.07) is 5.44. The van der Waals surface area contributed by atoms with Gasteiger partial charge in [0.1, 0.15) is 11.4 Å². The Morgan fingerprint density at radius 1 is 1.00 bits per heavy atom. The van der Waals surface area contributed by atoms with Crippen LogP contribution in [0.25, 0.3) is 0 Å². The van der Waals surface area contributed by atoms with Crippen molar-refractivity contribution in [3.63, 3.8) is 0 Å². The van der Waals surface area contributed by atoms with Crippen LogP contribution < -0.4 is 26.4 Å². The molecule has 1 fully saturated rings. The molecule has 1 aliphatic heterocycles. The van der Waals surface area contributed by atoms with Crippen LogP contribution in [0.4, 0.5) is 17.1 Å². The third kappa shape index (κ3) is 5.76. The van der Waals surface area contributed by atoms with Gasteiger partial charge in [0.05, 0.1) is 28.2 Å². The highest BCUT2D eigenvalue weighted by Gasteiger charge is 2.30. The van der Waals surface area contributed by atoms with Gasteiger partial charge in [-0.1, -0.05) is 42.3 Å². The first-order chi connectivity index (χ1) is 17.7. The van der Waals surface area contributed by atoms with Crippen LogP contribution in [0.2, 0.25) is 10.0 Å². The standard InChI is InChI=1S/C25H25Cl2N5O5/c1-2-31-7-9-32(10-8-31)22-21(23(35)24(22)36)29-18(11-19(33)34)14-3-5-15(6-4-14)25(37)30-20-16(26)12-28-13-17(20)27/h3-6,12-13,18,29H,2,7-11H2,1H3,(H,33,34)(H,28,30,37). The van der Waals surface area contributed by atoms with E-state index in [9.17, 15) is 24.3 Å². The molecule has 37 heavy (non-hydrogen) atoms. The molecule has 0 saturated carbocycles. The van der Waals surface area contributed by atoms with Crippen molar-refractivity contribution in [1.82, 2.24) is 9.88 Å². The molecule has 4 rings (SSSR count). The summed E-state index contributed by atoms with van der Waals surface area (Å²) in [6.07, 6.45) is 2.37. The average molecular weight is 546 g/mol. The van der Waals surface area contributed by atoms with Gasteiger partial charge < -0.3 is 25.5 Å². The minimum absolute atomic E-state index is 0.130. The van der Waals surface area contributed by atoms with Gasteiger partial charge >= 0.3 is 5.97 Å². The molecule has 1 unspecified atom stereocenters. The molecule has 3 N–H and O–H groups in total. The van der Waals surface area contributed by atoms with Crippen LogP contribution in [0, 0.1) is 0 Å². The highest BCUT2D eigenvalue weighted by Crippen LogP contribution is 2.30. The van der Waals surface area contributed by atoms with E-state index in [1.165, 1.54) is 24.5 Å². The first kappa shape index (κ1) is 26.6. The molecule has 1 aromatic heterocycles. The largest absolute Gasteiger partial charge is 0.481 e. The van der Waals surface area contributed by atoms with Crippen LogP contribution in [0.1, 0.15) is 35.3 Å². The van der Waals surface area contributed by atoms with Crippen molar-refractivity contribution in [2.24, 2.45) is 0 Å². The van der Waals surface area contributed by atoms with Crippen molar-refractivity contribution in [3.8, 4) is 0 Å². The SMILES string of the molecule is CCN1CCN(c2c(NC(CC(=O)O)c3ccc(C(=O)Nc4c(Cl)cncc4Cl)cc3)c(=O)c2=O)CC1. The van der Waals surface area contributed by atoms with Crippen LogP contribution in [0.15, 0.2) is 46.2 Å². The van der Waals surface area contributed by atoms with Crippen LogP contribution in [0.5, 0.6) is 0 Å². The number of aliphatic carboxylic acids is 1. The third-order valence-corrected chi connectivity index (χ3v) is 6.96. The lowest BCUT2D eigenvalue weighted by molar-refractivity contribution is -0.137. The molecule has 0 radical (unpaired) electrons. The van der Waals surface area contributed by atoms with E-state index < -0.39 is 28.8 Å². The Bertz CT molecular complexity index is 1360. The maximum Gasteiger partial charge on any atom is 0.305 e. The quantitative estimate of drug-likeness (QED) is 0.347. The number of anilines is 3. The normalized spacial score (nSPS) is 14.9. The number of carboxylic acids is 1. The van der Waals surface area contributed by atoms with E-state index in [0.717, 1.165) is 19.6 Å². The van der Waals surface area contributed by atoms with E-state index in [0.29, 0.717) is 24.3 Å². The van der Waals surface area contributed by atoms with Crippen molar-refractivity contribution >= 4 is 52.1 Å². The highest BCUT2D eigenvalue weighted by atomic mass is 35.5. The van der Waals surface area contributed by atoms with Gasteiger partial charge in [0, 0.05) is 44.1 Å². The monoisotopic (exact) mass is 545 g/mol. The summed E-state index contributed by atoms with van der Waals surface area (Å²) >= 11 is 12.1. The zero-order valence-electron chi connectivity index (χ0n) is 20.0. The van der Waals surface area contributed by atoms with Gasteiger partial charge in [-0.05, 0) is 24.2 Å². The second kappa shape index (κ2) is 11.3. The number of pyridine rings is 1. The van der Waals surface area contributed by atoms with E-state index in [1.807, 2.05) is 4.90 Å². The number of aromatic nitrogens is 1. The van der Waals surface area contributed by atoms with E-state index in [1.54, 1.807) is 12.1 Å². The number of piperazine rings is 1. The molecule has 12 heteroatoms. The van der Waals surface area contributed by atoms with Crippen LogP contribution in [0.3, 0.4) is 0 Å². The average Bonchev–Trinajstić information content (AvgIpc) is 2.89. The minimum Gasteiger partial charge on any atom is -0.481 e. The summed E-state index contributed by atoms with van der Waals surface area (Å²) < 4.78 is 0. The molecule has 3 aromatic rings. The van der Waals surface area contributed by atoms with Gasteiger partial charge in [0.15, 0.2) is 0 Å². The molecular weight excluding hydrogens is 521 g/mol. The molecule has 1 aliphatic rings. The summed E-state index contributed by atoms with van der Waals surface area (Å²) in [5.41, 5.74) is 0.250. The number of amides is 1. The van der Waals surface area contributed by atoms with Crippen molar-refractivity contribution < 1.29 is 14.7 Å². The number of carbonyl (C=O) groups excluding carboxylic acids is 1. The van der Waals surface area contributed by atoms with Gasteiger partial charge in [0.25, 0.3) is 16.8 Å². The fourth-order valence-corrected chi connectivity index (χ4v) is 4.75. The first-order valence-electron chi connectivity index (χ1n) is 11.7. The topological polar surface area (TPSA) is 132 Å². The number of nitrogens with one attached hydrogen (secondary N) is 2. The Balaban J connectivity index is 1.53. The fraction of sp³-hybridized carbons (Fsp3) is 0.320. The third-order valence-electron chi connectivity index (χ3n) is 6.39. The second-order valence-corrected chi connectivity index (χ2v) is 9.47. The zero-order chi connectivity index (χ0) is 26.7. The Kier molecular flexibility index (Phi) is 8.11. The molecule has 2 aromatic carbocycles. The van der Waals surface area contributed by atoms with E-state index >= 15 is 0 Å². The molecule has 2 heterocycles.